The van der Waals surface area contributed by atoms with Crippen LogP contribution in [0.4, 0.5) is 13.2 Å². The van der Waals surface area contributed by atoms with Gasteiger partial charge >= 0.3 is 12.1 Å². The van der Waals surface area contributed by atoms with E-state index in [9.17, 15) is 26.4 Å². The van der Waals surface area contributed by atoms with Gasteiger partial charge in [-0.2, -0.15) is 24.9 Å². The number of thioether (sulfide) groups is 1. The molecule has 1 aliphatic heterocycles. The molecular formula is C29H27F3N2O5S2. The number of carboxylic acid groups (broad SMARTS) is 1. The fourth-order valence-corrected chi connectivity index (χ4v) is 7.28. The lowest BCUT2D eigenvalue weighted by atomic mass is 10.0. The highest BCUT2D eigenvalue weighted by atomic mass is 32.2. The first-order chi connectivity index (χ1) is 19.4. The molecule has 0 spiro atoms. The van der Waals surface area contributed by atoms with Gasteiger partial charge in [-0.3, -0.25) is 4.90 Å². The predicted molar refractivity (Wildman–Crippen MR) is 152 cm³/mol. The number of hydrogen-bond acceptors (Lipinski definition) is 6. The molecule has 5 rings (SSSR count). The fourth-order valence-electron chi connectivity index (χ4n) is 4.82. The molecule has 0 saturated carbocycles. The maximum absolute atomic E-state index is 13.9. The highest BCUT2D eigenvalue weighted by Crippen LogP contribution is 2.34. The number of aliphatic carboxylic acids is 1. The molecule has 41 heavy (non-hydrogen) atoms. The van der Waals surface area contributed by atoms with Crippen LogP contribution in [0.1, 0.15) is 16.7 Å². The Hall–Kier alpha value is -3.48. The molecule has 1 aromatic heterocycles. The summed E-state index contributed by atoms with van der Waals surface area (Å²) in [4.78, 5) is 13.1. The van der Waals surface area contributed by atoms with Gasteiger partial charge in [-0.1, -0.05) is 18.2 Å². The Morgan fingerprint density at radius 1 is 1.00 bits per heavy atom. The molecule has 1 aliphatic rings. The maximum atomic E-state index is 13.9. The highest BCUT2D eigenvalue weighted by Gasteiger charge is 2.30. The number of benzene rings is 3. The van der Waals surface area contributed by atoms with Crippen molar-refractivity contribution < 1.29 is 36.2 Å². The van der Waals surface area contributed by atoms with Gasteiger partial charge in [0.2, 0.25) is 0 Å². The average molecular weight is 605 g/mol. The van der Waals surface area contributed by atoms with Crippen LogP contribution in [0.2, 0.25) is 0 Å². The summed E-state index contributed by atoms with van der Waals surface area (Å²) in [6, 6.07) is 14.4. The number of carbonyl (C=O) groups is 1. The zero-order valence-corrected chi connectivity index (χ0v) is 23.7. The zero-order valence-electron chi connectivity index (χ0n) is 22.0. The van der Waals surface area contributed by atoms with Crippen molar-refractivity contribution in [3.63, 3.8) is 0 Å². The van der Waals surface area contributed by atoms with Crippen molar-refractivity contribution in [2.75, 3.05) is 31.2 Å². The van der Waals surface area contributed by atoms with Crippen molar-refractivity contribution in [1.82, 2.24) is 8.87 Å². The number of ether oxygens (including phenoxy) is 1. The molecule has 1 N–H and O–H groups in total. The highest BCUT2D eigenvalue weighted by molar-refractivity contribution is 7.99. The SMILES string of the molecule is Cc1cc(S(=O)(=O)n2cc(CN3CCSCC3)c3cc(-c4ccc(C(F)(F)F)cc4)ccc32)ccc1OCC(=O)O. The molecule has 0 atom stereocenters. The molecule has 0 unspecified atom stereocenters. The summed E-state index contributed by atoms with van der Waals surface area (Å²) in [5, 5.41) is 9.58. The molecule has 2 heterocycles. The monoisotopic (exact) mass is 604 g/mol. The molecule has 0 aliphatic carbocycles. The Labute approximate surface area is 239 Å². The number of rotatable bonds is 8. The van der Waals surface area contributed by atoms with Crippen molar-refractivity contribution in [2.45, 2.75) is 24.5 Å². The van der Waals surface area contributed by atoms with E-state index in [1.54, 1.807) is 25.3 Å². The Bertz CT molecular complexity index is 1690. The Kier molecular flexibility index (Phi) is 8.09. The van der Waals surface area contributed by atoms with E-state index in [-0.39, 0.29) is 10.6 Å². The predicted octanol–water partition coefficient (Wildman–Crippen LogP) is 5.88. The van der Waals surface area contributed by atoms with Gasteiger partial charge in [0.25, 0.3) is 10.0 Å². The van der Waals surface area contributed by atoms with E-state index < -0.39 is 34.3 Å². The fraction of sp³-hybridized carbons (Fsp3) is 0.276. The van der Waals surface area contributed by atoms with Gasteiger partial charge in [0.15, 0.2) is 6.61 Å². The van der Waals surface area contributed by atoms with Crippen LogP contribution in [0.3, 0.4) is 0 Å². The number of fused-ring (bicyclic) bond motifs is 1. The van der Waals surface area contributed by atoms with Crippen molar-refractivity contribution in [3.05, 3.63) is 83.6 Å². The number of aryl methyl sites for hydroxylation is 1. The molecule has 216 valence electrons. The van der Waals surface area contributed by atoms with E-state index in [4.69, 9.17) is 9.84 Å². The van der Waals surface area contributed by atoms with Crippen LogP contribution < -0.4 is 4.74 Å². The average Bonchev–Trinajstić information content (AvgIpc) is 3.30. The van der Waals surface area contributed by atoms with Crippen LogP contribution in [0, 0.1) is 6.92 Å². The number of alkyl halides is 3. The molecule has 1 fully saturated rings. The molecule has 7 nitrogen and oxygen atoms in total. The lowest BCUT2D eigenvalue weighted by Crippen LogP contribution is -2.31. The third-order valence-corrected chi connectivity index (χ3v) is 9.56. The van der Waals surface area contributed by atoms with Gasteiger partial charge in [0.05, 0.1) is 16.0 Å². The van der Waals surface area contributed by atoms with Gasteiger partial charge in [0, 0.05) is 42.7 Å². The second-order valence-electron chi connectivity index (χ2n) is 9.76. The smallest absolute Gasteiger partial charge is 0.416 e. The third kappa shape index (κ3) is 6.24. The summed E-state index contributed by atoms with van der Waals surface area (Å²) in [7, 11) is -4.06. The summed E-state index contributed by atoms with van der Waals surface area (Å²) in [6.45, 7) is 3.34. The second-order valence-corrected chi connectivity index (χ2v) is 12.8. The zero-order chi connectivity index (χ0) is 29.4. The number of aromatic nitrogens is 1. The number of carboxylic acids is 1. The van der Waals surface area contributed by atoms with E-state index in [0.717, 1.165) is 42.3 Å². The van der Waals surface area contributed by atoms with E-state index >= 15 is 0 Å². The van der Waals surface area contributed by atoms with Crippen LogP contribution in [0.25, 0.3) is 22.0 Å². The normalized spacial score (nSPS) is 14.8. The van der Waals surface area contributed by atoms with Crippen molar-refractivity contribution in [3.8, 4) is 16.9 Å². The van der Waals surface area contributed by atoms with Gasteiger partial charge < -0.3 is 9.84 Å². The summed E-state index contributed by atoms with van der Waals surface area (Å²) >= 11 is 1.86. The Morgan fingerprint density at radius 3 is 2.32 bits per heavy atom. The van der Waals surface area contributed by atoms with E-state index in [1.807, 2.05) is 17.8 Å². The summed E-state index contributed by atoms with van der Waals surface area (Å²) in [5.41, 5.74) is 2.24. The molecule has 0 amide bonds. The first-order valence-corrected chi connectivity index (χ1v) is 15.4. The van der Waals surface area contributed by atoms with E-state index in [1.165, 1.54) is 34.3 Å². The number of hydrogen-bond donors (Lipinski definition) is 1. The van der Waals surface area contributed by atoms with Crippen LogP contribution in [0.15, 0.2) is 71.8 Å². The first kappa shape index (κ1) is 29.0. The van der Waals surface area contributed by atoms with Gasteiger partial charge in [-0.05, 0) is 71.6 Å². The van der Waals surface area contributed by atoms with Crippen molar-refractivity contribution in [1.29, 1.82) is 0 Å². The minimum absolute atomic E-state index is 0.0160. The van der Waals surface area contributed by atoms with Crippen molar-refractivity contribution in [2.24, 2.45) is 0 Å². The first-order valence-electron chi connectivity index (χ1n) is 12.8. The molecule has 3 aromatic carbocycles. The van der Waals surface area contributed by atoms with E-state index in [0.29, 0.717) is 34.1 Å². The van der Waals surface area contributed by atoms with Crippen molar-refractivity contribution >= 4 is 38.7 Å². The summed E-state index contributed by atoms with van der Waals surface area (Å²) < 4.78 is 73.5. The number of halogens is 3. The minimum atomic E-state index is -4.44. The van der Waals surface area contributed by atoms with E-state index in [2.05, 4.69) is 4.90 Å². The van der Waals surface area contributed by atoms with Crippen LogP contribution in [-0.2, 0) is 27.5 Å². The molecular weight excluding hydrogens is 577 g/mol. The summed E-state index contributed by atoms with van der Waals surface area (Å²) in [5.74, 6) is 1.08. The lowest BCUT2D eigenvalue weighted by Gasteiger charge is -2.25. The largest absolute Gasteiger partial charge is 0.482 e. The maximum Gasteiger partial charge on any atom is 0.416 e. The lowest BCUT2D eigenvalue weighted by molar-refractivity contribution is -0.139. The van der Waals surface area contributed by atoms with Crippen LogP contribution in [-0.4, -0.2) is 59.6 Å². The van der Waals surface area contributed by atoms with Gasteiger partial charge in [-0.15, -0.1) is 0 Å². The second kappa shape index (κ2) is 11.4. The van der Waals surface area contributed by atoms with Crippen LogP contribution in [0.5, 0.6) is 5.75 Å². The Morgan fingerprint density at radius 2 is 1.68 bits per heavy atom. The molecule has 1 saturated heterocycles. The molecule has 12 heteroatoms. The third-order valence-electron chi connectivity index (χ3n) is 6.95. The van der Waals surface area contributed by atoms with Gasteiger partial charge in [0.1, 0.15) is 5.75 Å². The van der Waals surface area contributed by atoms with Gasteiger partial charge in [-0.25, -0.2) is 17.2 Å². The number of nitrogens with zero attached hydrogens (tertiary/aromatic N) is 2. The molecule has 0 radical (unpaired) electrons. The standard InChI is InChI=1S/C29H27F3N2O5S2/c1-19-14-24(7-9-27(19)39-18-28(35)36)41(37,38)34-17-22(16-33-10-12-40-13-11-33)25-15-21(4-8-26(25)34)20-2-5-23(6-3-20)29(30,31)32/h2-9,14-15,17H,10-13,16,18H2,1H3,(H,35,36). The Balaban J connectivity index is 1.57. The van der Waals surface area contributed by atoms with Crippen LogP contribution >= 0.6 is 11.8 Å². The minimum Gasteiger partial charge on any atom is -0.482 e. The quantitative estimate of drug-likeness (QED) is 0.269. The molecule has 4 aromatic rings. The molecule has 0 bridgehead atoms. The summed E-state index contributed by atoms with van der Waals surface area (Å²) in [6.07, 6.45) is -2.82. The topological polar surface area (TPSA) is 88.8 Å².